The molecule has 1 aromatic rings. The largest absolute Gasteiger partial charge is 0.493 e. The van der Waals surface area contributed by atoms with Gasteiger partial charge in [-0.05, 0) is 56.8 Å². The summed E-state index contributed by atoms with van der Waals surface area (Å²) >= 11 is 0. The molecule has 2 aliphatic rings. The third-order valence-electron chi connectivity index (χ3n) is 5.35. The molecule has 1 N–H and O–H groups in total. The summed E-state index contributed by atoms with van der Waals surface area (Å²) in [4.78, 5) is 14.9. The highest BCUT2D eigenvalue weighted by Gasteiger charge is 2.58. The maximum atomic E-state index is 13.0. The number of piperidine rings is 1. The molecular weight excluding hydrogens is 292 g/mol. The molecule has 1 amide bonds. The number of nitrogens with one attached hydrogen (secondary N) is 1. The Hall–Kier alpha value is -1.75. The summed E-state index contributed by atoms with van der Waals surface area (Å²) in [6.07, 6.45) is 3.27. The smallest absolute Gasteiger partial charge is 0.230 e. The van der Waals surface area contributed by atoms with Crippen molar-refractivity contribution in [1.82, 2.24) is 5.32 Å². The Balaban J connectivity index is 1.79. The van der Waals surface area contributed by atoms with E-state index in [0.717, 1.165) is 38.0 Å². The standard InChI is InChI=1S/C18H26N2O3/c1-4-20(13-5-6-15(22-2)16(11-13)23-3)17(21)14-12-18(14)7-9-19-10-8-18/h5-6,11,14,19H,4,7-10,12H2,1-3H3. The summed E-state index contributed by atoms with van der Waals surface area (Å²) in [7, 11) is 3.23. The number of rotatable bonds is 5. The van der Waals surface area contributed by atoms with Gasteiger partial charge in [0, 0.05) is 24.2 Å². The minimum Gasteiger partial charge on any atom is -0.493 e. The van der Waals surface area contributed by atoms with Crippen molar-refractivity contribution in [1.29, 1.82) is 0 Å². The molecule has 1 saturated carbocycles. The van der Waals surface area contributed by atoms with Gasteiger partial charge in [-0.25, -0.2) is 0 Å². The van der Waals surface area contributed by atoms with Gasteiger partial charge in [0.2, 0.25) is 5.91 Å². The van der Waals surface area contributed by atoms with E-state index in [-0.39, 0.29) is 17.2 Å². The number of benzene rings is 1. The molecule has 1 aliphatic heterocycles. The first-order valence-corrected chi connectivity index (χ1v) is 8.39. The summed E-state index contributed by atoms with van der Waals surface area (Å²) in [5, 5.41) is 3.39. The van der Waals surface area contributed by atoms with Crippen LogP contribution in [0.3, 0.4) is 0 Å². The van der Waals surface area contributed by atoms with Gasteiger partial charge < -0.3 is 19.7 Å². The zero-order valence-corrected chi connectivity index (χ0v) is 14.2. The molecule has 1 heterocycles. The van der Waals surface area contributed by atoms with Crippen molar-refractivity contribution >= 4 is 11.6 Å². The van der Waals surface area contributed by atoms with E-state index in [1.165, 1.54) is 0 Å². The Morgan fingerprint density at radius 3 is 2.57 bits per heavy atom. The molecular formula is C18H26N2O3. The predicted molar refractivity (Wildman–Crippen MR) is 90.2 cm³/mol. The average Bonchev–Trinajstić information content (AvgIpc) is 3.28. The van der Waals surface area contributed by atoms with Gasteiger partial charge in [0.1, 0.15) is 0 Å². The number of nitrogens with zero attached hydrogens (tertiary/aromatic N) is 1. The highest BCUT2D eigenvalue weighted by atomic mass is 16.5. The highest BCUT2D eigenvalue weighted by molar-refractivity contribution is 5.97. The molecule has 1 unspecified atom stereocenters. The lowest BCUT2D eigenvalue weighted by molar-refractivity contribution is -0.120. The molecule has 126 valence electrons. The van der Waals surface area contributed by atoms with Crippen molar-refractivity contribution in [3.05, 3.63) is 18.2 Å². The monoisotopic (exact) mass is 318 g/mol. The Morgan fingerprint density at radius 1 is 1.26 bits per heavy atom. The van der Waals surface area contributed by atoms with Gasteiger partial charge in [-0.2, -0.15) is 0 Å². The van der Waals surface area contributed by atoms with E-state index in [0.29, 0.717) is 18.0 Å². The predicted octanol–water partition coefficient (Wildman–Crippen LogP) is 2.45. The van der Waals surface area contributed by atoms with E-state index in [9.17, 15) is 4.79 Å². The van der Waals surface area contributed by atoms with E-state index >= 15 is 0 Å². The number of ether oxygens (including phenoxy) is 2. The summed E-state index contributed by atoms with van der Waals surface area (Å²) in [5.41, 5.74) is 1.14. The van der Waals surface area contributed by atoms with Gasteiger partial charge in [0.25, 0.3) is 0 Å². The van der Waals surface area contributed by atoms with Crippen molar-refractivity contribution < 1.29 is 14.3 Å². The number of carbonyl (C=O) groups excluding carboxylic acids is 1. The number of hydrogen-bond acceptors (Lipinski definition) is 4. The molecule has 1 atom stereocenters. The summed E-state index contributed by atoms with van der Waals surface area (Å²) in [5.74, 6) is 1.77. The molecule has 1 saturated heterocycles. The van der Waals surface area contributed by atoms with Crippen molar-refractivity contribution in [2.24, 2.45) is 11.3 Å². The fourth-order valence-electron chi connectivity index (χ4n) is 3.82. The van der Waals surface area contributed by atoms with Gasteiger partial charge >= 0.3 is 0 Å². The number of methoxy groups -OCH3 is 2. The topological polar surface area (TPSA) is 50.8 Å². The fourth-order valence-corrected chi connectivity index (χ4v) is 3.82. The molecule has 0 aromatic heterocycles. The molecule has 1 spiro atoms. The lowest BCUT2D eigenvalue weighted by atomic mass is 9.91. The second-order valence-electron chi connectivity index (χ2n) is 6.49. The lowest BCUT2D eigenvalue weighted by Crippen LogP contribution is -2.36. The molecule has 23 heavy (non-hydrogen) atoms. The van der Waals surface area contributed by atoms with E-state index in [1.54, 1.807) is 14.2 Å². The van der Waals surface area contributed by atoms with E-state index in [2.05, 4.69) is 5.32 Å². The van der Waals surface area contributed by atoms with Gasteiger partial charge in [0.15, 0.2) is 11.5 Å². The Morgan fingerprint density at radius 2 is 1.96 bits per heavy atom. The Bertz CT molecular complexity index is 582. The lowest BCUT2D eigenvalue weighted by Gasteiger charge is -2.27. The van der Waals surface area contributed by atoms with Crippen molar-refractivity contribution in [2.45, 2.75) is 26.2 Å². The molecule has 5 heteroatoms. The van der Waals surface area contributed by atoms with Crippen LogP contribution < -0.4 is 19.7 Å². The van der Waals surface area contributed by atoms with E-state index < -0.39 is 0 Å². The first-order chi connectivity index (χ1) is 11.1. The molecule has 0 bridgehead atoms. The first kappa shape index (κ1) is 16.1. The molecule has 0 radical (unpaired) electrons. The van der Waals surface area contributed by atoms with Crippen LogP contribution >= 0.6 is 0 Å². The normalized spacial score (nSPS) is 21.8. The summed E-state index contributed by atoms with van der Waals surface area (Å²) < 4.78 is 10.6. The van der Waals surface area contributed by atoms with Crippen molar-refractivity contribution in [2.75, 3.05) is 38.8 Å². The minimum absolute atomic E-state index is 0.178. The van der Waals surface area contributed by atoms with Crippen molar-refractivity contribution in [3.8, 4) is 11.5 Å². The maximum Gasteiger partial charge on any atom is 0.230 e. The van der Waals surface area contributed by atoms with E-state index in [1.807, 2.05) is 30.0 Å². The first-order valence-electron chi connectivity index (χ1n) is 8.39. The zero-order chi connectivity index (χ0) is 16.4. The van der Waals surface area contributed by atoms with Crippen LogP contribution in [-0.2, 0) is 4.79 Å². The SMILES string of the molecule is CCN(C(=O)C1CC12CCNCC2)c1ccc(OC)c(OC)c1. The second-order valence-corrected chi connectivity index (χ2v) is 6.49. The molecule has 5 nitrogen and oxygen atoms in total. The highest BCUT2D eigenvalue weighted by Crippen LogP contribution is 2.59. The number of anilines is 1. The molecule has 1 aromatic carbocycles. The number of amides is 1. The summed E-state index contributed by atoms with van der Waals surface area (Å²) in [6, 6.07) is 5.68. The van der Waals surface area contributed by atoms with Gasteiger partial charge in [-0.15, -0.1) is 0 Å². The minimum atomic E-state index is 0.178. The van der Waals surface area contributed by atoms with Crippen molar-refractivity contribution in [3.63, 3.8) is 0 Å². The van der Waals surface area contributed by atoms with Gasteiger partial charge in [-0.1, -0.05) is 0 Å². The Labute approximate surface area is 137 Å². The average molecular weight is 318 g/mol. The van der Waals surface area contributed by atoms with Crippen LogP contribution in [-0.4, -0.2) is 39.8 Å². The third kappa shape index (κ3) is 2.90. The van der Waals surface area contributed by atoms with Gasteiger partial charge in [0.05, 0.1) is 14.2 Å². The number of hydrogen-bond donors (Lipinski definition) is 1. The van der Waals surface area contributed by atoms with Crippen LogP contribution in [0.1, 0.15) is 26.2 Å². The van der Waals surface area contributed by atoms with Crippen LogP contribution in [0.25, 0.3) is 0 Å². The van der Waals surface area contributed by atoms with Crippen LogP contribution in [0.5, 0.6) is 11.5 Å². The fraction of sp³-hybridized carbons (Fsp3) is 0.611. The third-order valence-corrected chi connectivity index (χ3v) is 5.35. The van der Waals surface area contributed by atoms with Crippen LogP contribution in [0.2, 0.25) is 0 Å². The quantitative estimate of drug-likeness (QED) is 0.906. The maximum absolute atomic E-state index is 13.0. The molecule has 2 fully saturated rings. The Kier molecular flexibility index (Phi) is 4.48. The second kappa shape index (κ2) is 6.40. The van der Waals surface area contributed by atoms with Crippen LogP contribution in [0.15, 0.2) is 18.2 Å². The van der Waals surface area contributed by atoms with E-state index in [4.69, 9.17) is 9.47 Å². The summed E-state index contributed by atoms with van der Waals surface area (Å²) in [6.45, 7) is 4.75. The van der Waals surface area contributed by atoms with Crippen LogP contribution in [0, 0.1) is 11.3 Å². The zero-order valence-electron chi connectivity index (χ0n) is 14.2. The number of carbonyl (C=O) groups is 1. The van der Waals surface area contributed by atoms with Gasteiger partial charge in [-0.3, -0.25) is 4.79 Å². The molecule has 3 rings (SSSR count). The molecule has 1 aliphatic carbocycles. The van der Waals surface area contributed by atoms with Crippen LogP contribution in [0.4, 0.5) is 5.69 Å².